The molecule has 0 radical (unpaired) electrons. The van der Waals surface area contributed by atoms with Crippen LogP contribution in [0.1, 0.15) is 21.8 Å². The fourth-order valence-corrected chi connectivity index (χ4v) is 2.29. The fourth-order valence-electron chi connectivity index (χ4n) is 2.05. The van der Waals surface area contributed by atoms with Crippen LogP contribution < -0.4 is 10.1 Å². The highest BCUT2D eigenvalue weighted by Crippen LogP contribution is 2.19. The van der Waals surface area contributed by atoms with E-state index in [2.05, 4.69) is 31.4 Å². The average molecular weight is 406 g/mol. The van der Waals surface area contributed by atoms with Crippen molar-refractivity contribution in [2.24, 2.45) is 0 Å². The number of ether oxygens (including phenoxy) is 1. The van der Waals surface area contributed by atoms with Crippen molar-refractivity contribution < 1.29 is 18.4 Å². The molecule has 0 spiro atoms. The summed E-state index contributed by atoms with van der Waals surface area (Å²) in [4.78, 5) is 16.5. The lowest BCUT2D eigenvalue weighted by atomic mass is 10.2. The smallest absolute Gasteiger partial charge is 0.279 e. The summed E-state index contributed by atoms with van der Waals surface area (Å²) in [5.41, 5.74) is 0.628. The van der Waals surface area contributed by atoms with E-state index < -0.39 is 5.91 Å². The first-order valence-corrected chi connectivity index (χ1v) is 8.08. The molecule has 0 saturated heterocycles. The van der Waals surface area contributed by atoms with E-state index in [0.717, 1.165) is 4.47 Å². The Bertz CT molecular complexity index is 879. The summed E-state index contributed by atoms with van der Waals surface area (Å²) in [5, 5.41) is 6.44. The number of pyridine rings is 1. The number of hydrogen-bond acceptors (Lipinski definition) is 5. The second-order valence-corrected chi connectivity index (χ2v) is 6.04. The molecule has 2 heterocycles. The maximum Gasteiger partial charge on any atom is 0.279 e. The number of carbonyl (C=O) groups excluding carboxylic acids is 1. The zero-order valence-electron chi connectivity index (χ0n) is 13.1. The van der Waals surface area contributed by atoms with Gasteiger partial charge < -0.3 is 14.6 Å². The standard InChI is InChI=1S/C17H13BrFN3O3/c1-10-14(9-24-13-5-3-12(19)4-6-13)16(22-25-10)17(23)21-15-7-2-11(18)8-20-15/h2-8H,9H2,1H3,(H,20,21,23). The predicted molar refractivity (Wildman–Crippen MR) is 91.9 cm³/mol. The number of halogens is 2. The number of benzene rings is 1. The van der Waals surface area contributed by atoms with Gasteiger partial charge >= 0.3 is 0 Å². The minimum atomic E-state index is -0.454. The summed E-state index contributed by atoms with van der Waals surface area (Å²) in [5.74, 6) is 0.526. The highest BCUT2D eigenvalue weighted by atomic mass is 79.9. The Balaban J connectivity index is 1.72. The number of aryl methyl sites for hydroxylation is 1. The number of amides is 1. The van der Waals surface area contributed by atoms with Crippen molar-refractivity contribution in [1.29, 1.82) is 0 Å². The maximum absolute atomic E-state index is 12.9. The number of nitrogens with one attached hydrogen (secondary N) is 1. The molecule has 0 saturated carbocycles. The molecule has 1 N–H and O–H groups in total. The lowest BCUT2D eigenvalue weighted by molar-refractivity contribution is 0.101. The van der Waals surface area contributed by atoms with Gasteiger partial charge in [-0.25, -0.2) is 9.37 Å². The molecule has 25 heavy (non-hydrogen) atoms. The summed E-state index contributed by atoms with van der Waals surface area (Å²) >= 11 is 3.28. The van der Waals surface area contributed by atoms with Crippen LogP contribution in [0, 0.1) is 12.7 Å². The molecule has 0 aliphatic heterocycles. The lowest BCUT2D eigenvalue weighted by Crippen LogP contribution is -2.16. The Morgan fingerprint density at radius 1 is 1.28 bits per heavy atom. The normalized spacial score (nSPS) is 10.5. The topological polar surface area (TPSA) is 77.3 Å². The van der Waals surface area contributed by atoms with Crippen molar-refractivity contribution in [3.05, 3.63) is 69.9 Å². The molecule has 6 nitrogen and oxygen atoms in total. The molecule has 0 atom stereocenters. The third-order valence-corrected chi connectivity index (χ3v) is 3.83. The van der Waals surface area contributed by atoms with E-state index in [9.17, 15) is 9.18 Å². The zero-order chi connectivity index (χ0) is 17.8. The Morgan fingerprint density at radius 3 is 2.72 bits per heavy atom. The summed E-state index contributed by atoms with van der Waals surface area (Å²) in [6.07, 6.45) is 1.57. The van der Waals surface area contributed by atoms with E-state index in [0.29, 0.717) is 22.9 Å². The third-order valence-electron chi connectivity index (χ3n) is 3.37. The van der Waals surface area contributed by atoms with Crippen LogP contribution >= 0.6 is 15.9 Å². The molecular formula is C17H13BrFN3O3. The van der Waals surface area contributed by atoms with Crippen LogP contribution in [0.15, 0.2) is 51.6 Å². The molecule has 8 heteroatoms. The van der Waals surface area contributed by atoms with Crippen molar-refractivity contribution in [2.45, 2.75) is 13.5 Å². The van der Waals surface area contributed by atoms with Crippen LogP contribution in [-0.4, -0.2) is 16.0 Å². The number of anilines is 1. The highest BCUT2D eigenvalue weighted by molar-refractivity contribution is 9.10. The molecule has 1 amide bonds. The monoisotopic (exact) mass is 405 g/mol. The first-order valence-electron chi connectivity index (χ1n) is 7.29. The Morgan fingerprint density at radius 2 is 2.04 bits per heavy atom. The van der Waals surface area contributed by atoms with Gasteiger partial charge in [0, 0.05) is 10.7 Å². The van der Waals surface area contributed by atoms with Crippen molar-refractivity contribution >= 4 is 27.7 Å². The second-order valence-electron chi connectivity index (χ2n) is 5.12. The molecule has 0 aliphatic carbocycles. The molecule has 0 bridgehead atoms. The number of aromatic nitrogens is 2. The molecule has 3 aromatic rings. The van der Waals surface area contributed by atoms with Gasteiger partial charge in [-0.2, -0.15) is 0 Å². The Labute approximate surface area is 151 Å². The zero-order valence-corrected chi connectivity index (χ0v) is 14.7. The number of hydrogen-bond donors (Lipinski definition) is 1. The molecule has 128 valence electrons. The van der Waals surface area contributed by atoms with Gasteiger partial charge in [-0.05, 0) is 59.3 Å². The quantitative estimate of drug-likeness (QED) is 0.690. The van der Waals surface area contributed by atoms with Gasteiger partial charge in [0.15, 0.2) is 5.69 Å². The summed E-state index contributed by atoms with van der Waals surface area (Å²) in [7, 11) is 0. The van der Waals surface area contributed by atoms with E-state index in [1.54, 1.807) is 25.3 Å². The Hall–Kier alpha value is -2.74. The largest absolute Gasteiger partial charge is 0.489 e. The van der Waals surface area contributed by atoms with Gasteiger partial charge in [-0.1, -0.05) is 5.16 Å². The van der Waals surface area contributed by atoms with Crippen LogP contribution in [0.2, 0.25) is 0 Å². The fraction of sp³-hybridized carbons (Fsp3) is 0.118. The van der Waals surface area contributed by atoms with Crippen LogP contribution in [0.3, 0.4) is 0 Å². The average Bonchev–Trinajstić information content (AvgIpc) is 2.97. The lowest BCUT2D eigenvalue weighted by Gasteiger charge is -2.07. The molecule has 0 fully saturated rings. The maximum atomic E-state index is 12.9. The van der Waals surface area contributed by atoms with E-state index >= 15 is 0 Å². The number of nitrogens with zero attached hydrogens (tertiary/aromatic N) is 2. The van der Waals surface area contributed by atoms with Crippen molar-refractivity contribution in [1.82, 2.24) is 10.1 Å². The molecule has 2 aromatic heterocycles. The first kappa shape index (κ1) is 17.1. The van der Waals surface area contributed by atoms with Crippen LogP contribution in [-0.2, 0) is 6.61 Å². The summed E-state index contributed by atoms with van der Waals surface area (Å²) in [6.45, 7) is 1.75. The number of carbonyl (C=O) groups is 1. The summed E-state index contributed by atoms with van der Waals surface area (Å²) < 4.78 is 24.4. The molecule has 1 aromatic carbocycles. The first-order chi connectivity index (χ1) is 12.0. The highest BCUT2D eigenvalue weighted by Gasteiger charge is 2.21. The van der Waals surface area contributed by atoms with E-state index in [1.165, 1.54) is 24.3 Å². The van der Waals surface area contributed by atoms with E-state index in [1.807, 2.05) is 0 Å². The van der Waals surface area contributed by atoms with E-state index in [4.69, 9.17) is 9.26 Å². The second kappa shape index (κ2) is 7.43. The minimum Gasteiger partial charge on any atom is -0.489 e. The molecular weight excluding hydrogens is 393 g/mol. The SMILES string of the molecule is Cc1onc(C(=O)Nc2ccc(Br)cn2)c1COc1ccc(F)cc1. The Kier molecular flexibility index (Phi) is 5.08. The van der Waals surface area contributed by atoms with Gasteiger partial charge in [0.2, 0.25) is 0 Å². The summed E-state index contributed by atoms with van der Waals surface area (Å²) in [6, 6.07) is 9.01. The van der Waals surface area contributed by atoms with Crippen LogP contribution in [0.4, 0.5) is 10.2 Å². The van der Waals surface area contributed by atoms with Gasteiger partial charge in [-0.15, -0.1) is 0 Å². The van der Waals surface area contributed by atoms with E-state index in [-0.39, 0.29) is 18.1 Å². The van der Waals surface area contributed by atoms with Crippen molar-refractivity contribution in [3.63, 3.8) is 0 Å². The molecule has 0 aliphatic rings. The number of rotatable bonds is 5. The van der Waals surface area contributed by atoms with Crippen LogP contribution in [0.5, 0.6) is 5.75 Å². The van der Waals surface area contributed by atoms with Gasteiger partial charge in [-0.3, -0.25) is 4.79 Å². The third kappa shape index (κ3) is 4.21. The minimum absolute atomic E-state index is 0.0669. The predicted octanol–water partition coefficient (Wildman–Crippen LogP) is 4.11. The van der Waals surface area contributed by atoms with Gasteiger partial charge in [0.05, 0.1) is 5.56 Å². The van der Waals surface area contributed by atoms with Gasteiger partial charge in [0.25, 0.3) is 5.91 Å². The molecule has 3 rings (SSSR count). The van der Waals surface area contributed by atoms with Crippen molar-refractivity contribution in [3.8, 4) is 5.75 Å². The molecule has 0 unspecified atom stereocenters. The van der Waals surface area contributed by atoms with Crippen LogP contribution in [0.25, 0.3) is 0 Å². The van der Waals surface area contributed by atoms with Crippen molar-refractivity contribution in [2.75, 3.05) is 5.32 Å². The van der Waals surface area contributed by atoms with Gasteiger partial charge in [0.1, 0.15) is 29.8 Å².